The van der Waals surface area contributed by atoms with E-state index >= 15 is 0 Å². The molecule has 0 aromatic heterocycles. The summed E-state index contributed by atoms with van der Waals surface area (Å²) in [5.41, 5.74) is 2.81. The number of fused-ring (bicyclic) bond motifs is 8. The fraction of sp³-hybridized carbons (Fsp3) is 0.222. The number of hydrogen-bond acceptors (Lipinski definition) is 5. The van der Waals surface area contributed by atoms with Crippen molar-refractivity contribution in [2.75, 3.05) is 9.91 Å². The summed E-state index contributed by atoms with van der Waals surface area (Å²) in [7, 11) is 0. The van der Waals surface area contributed by atoms with Crippen LogP contribution in [-0.4, -0.2) is 35.8 Å². The summed E-state index contributed by atoms with van der Waals surface area (Å²) in [5.74, 6) is -2.52. The van der Waals surface area contributed by atoms with E-state index < -0.39 is 29.9 Å². The minimum absolute atomic E-state index is 0.230. The zero-order valence-corrected chi connectivity index (χ0v) is 19.0. The van der Waals surface area contributed by atoms with Gasteiger partial charge in [-0.3, -0.25) is 14.6 Å². The van der Waals surface area contributed by atoms with Crippen molar-refractivity contribution in [3.8, 4) is 0 Å². The van der Waals surface area contributed by atoms with Crippen LogP contribution in [0.15, 0.2) is 84.0 Å². The molecule has 6 nitrogen and oxygen atoms in total. The van der Waals surface area contributed by atoms with Crippen LogP contribution in [0.3, 0.4) is 0 Å². The molecular weight excluding hydrogens is 469 g/mol. The second kappa shape index (κ2) is 7.47. The van der Waals surface area contributed by atoms with E-state index in [1.54, 1.807) is 0 Å². The maximum atomic E-state index is 13.6. The number of nitrogens with zero attached hydrogens (tertiary/aromatic N) is 3. The van der Waals surface area contributed by atoms with E-state index in [2.05, 4.69) is 0 Å². The van der Waals surface area contributed by atoms with Crippen LogP contribution in [0.2, 0.25) is 5.02 Å². The standard InChI is InChI=1S/C27H19ClFN3O3/c28-18-9-5-4-8-17(18)22-21-23(32(30-22)16-6-2-1-3-7-16)25-20-19(24(21)35-25)26(33)31(27(20)34)15-12-10-14(29)11-13-15/h1-13,19-21,23-25H/t19-,20+,21+,23-,24-,25+/m1/s1. The molecule has 35 heavy (non-hydrogen) atoms. The van der Waals surface area contributed by atoms with Crippen molar-refractivity contribution >= 4 is 40.5 Å². The first-order valence-corrected chi connectivity index (χ1v) is 11.9. The zero-order chi connectivity index (χ0) is 23.8. The predicted molar refractivity (Wildman–Crippen MR) is 129 cm³/mol. The number of hydrogen-bond donors (Lipinski definition) is 0. The molecule has 4 aliphatic heterocycles. The van der Waals surface area contributed by atoms with Gasteiger partial charge in [0, 0.05) is 10.6 Å². The number of halogens is 2. The van der Waals surface area contributed by atoms with Crippen molar-refractivity contribution in [3.63, 3.8) is 0 Å². The summed E-state index contributed by atoms with van der Waals surface area (Å²) in [6, 6.07) is 22.4. The minimum atomic E-state index is -0.623. The van der Waals surface area contributed by atoms with Gasteiger partial charge in [-0.05, 0) is 42.5 Å². The number of para-hydroxylation sites is 1. The number of hydrazone groups is 1. The van der Waals surface area contributed by atoms with Gasteiger partial charge in [-0.2, -0.15) is 5.10 Å². The summed E-state index contributed by atoms with van der Waals surface area (Å²) in [6.45, 7) is 0. The van der Waals surface area contributed by atoms with E-state index in [1.807, 2.05) is 59.6 Å². The molecule has 0 unspecified atom stereocenters. The summed E-state index contributed by atoms with van der Waals surface area (Å²) >= 11 is 6.57. The second-order valence-electron chi connectivity index (χ2n) is 9.27. The van der Waals surface area contributed by atoms with Crippen molar-refractivity contribution in [2.45, 2.75) is 18.2 Å². The third-order valence-electron chi connectivity index (χ3n) is 7.55. The van der Waals surface area contributed by atoms with Gasteiger partial charge in [-0.15, -0.1) is 0 Å². The smallest absolute Gasteiger partial charge is 0.240 e. The third-order valence-corrected chi connectivity index (χ3v) is 7.88. The molecule has 2 bridgehead atoms. The Morgan fingerprint density at radius 1 is 0.771 bits per heavy atom. The lowest BCUT2D eigenvalue weighted by molar-refractivity contribution is -0.125. The van der Waals surface area contributed by atoms with Crippen LogP contribution in [0.5, 0.6) is 0 Å². The van der Waals surface area contributed by atoms with Crippen LogP contribution >= 0.6 is 11.6 Å². The lowest BCUT2D eigenvalue weighted by atomic mass is 9.70. The average Bonchev–Trinajstić information content (AvgIpc) is 3.60. The maximum Gasteiger partial charge on any atom is 0.240 e. The van der Waals surface area contributed by atoms with Gasteiger partial charge in [0.25, 0.3) is 0 Å². The van der Waals surface area contributed by atoms with E-state index in [9.17, 15) is 14.0 Å². The Bertz CT molecular complexity index is 1400. The highest BCUT2D eigenvalue weighted by Crippen LogP contribution is 2.56. The van der Waals surface area contributed by atoms with Crippen LogP contribution in [0.1, 0.15) is 5.56 Å². The lowest BCUT2D eigenvalue weighted by Gasteiger charge is -2.32. The van der Waals surface area contributed by atoms with Crippen LogP contribution in [0.25, 0.3) is 0 Å². The van der Waals surface area contributed by atoms with Gasteiger partial charge in [0.1, 0.15) is 5.82 Å². The number of ether oxygens (including phenoxy) is 1. The number of rotatable bonds is 3. The van der Waals surface area contributed by atoms with E-state index in [-0.39, 0.29) is 23.8 Å². The van der Waals surface area contributed by atoms with Gasteiger partial charge in [-0.1, -0.05) is 48.0 Å². The molecule has 6 atom stereocenters. The molecule has 0 spiro atoms. The number of imide groups is 1. The second-order valence-corrected chi connectivity index (χ2v) is 9.67. The Morgan fingerprint density at radius 2 is 1.43 bits per heavy atom. The molecule has 3 fully saturated rings. The fourth-order valence-corrected chi connectivity index (χ4v) is 6.40. The first-order chi connectivity index (χ1) is 17.0. The fourth-order valence-electron chi connectivity index (χ4n) is 6.17. The molecule has 8 heteroatoms. The van der Waals surface area contributed by atoms with E-state index in [0.717, 1.165) is 17.0 Å². The Kier molecular flexibility index (Phi) is 4.44. The quantitative estimate of drug-likeness (QED) is 0.517. The molecule has 0 aliphatic carbocycles. The molecular formula is C27H19ClFN3O3. The number of benzene rings is 3. The Labute approximate surface area is 205 Å². The van der Waals surface area contributed by atoms with Gasteiger partial charge in [0.05, 0.1) is 53.1 Å². The largest absolute Gasteiger partial charge is 0.370 e. The molecule has 0 saturated carbocycles. The molecule has 0 radical (unpaired) electrons. The predicted octanol–water partition coefficient (Wildman–Crippen LogP) is 4.28. The van der Waals surface area contributed by atoms with Crippen molar-refractivity contribution in [2.24, 2.45) is 22.9 Å². The van der Waals surface area contributed by atoms with Crippen LogP contribution in [0, 0.1) is 23.6 Å². The van der Waals surface area contributed by atoms with Crippen molar-refractivity contribution in [3.05, 3.63) is 95.3 Å². The Balaban J connectivity index is 1.33. The average molecular weight is 488 g/mol. The Morgan fingerprint density at radius 3 is 2.14 bits per heavy atom. The number of carbonyl (C=O) groups excluding carboxylic acids is 2. The summed E-state index contributed by atoms with van der Waals surface area (Å²) in [4.78, 5) is 28.3. The third kappa shape index (κ3) is 2.82. The molecule has 2 amide bonds. The summed E-state index contributed by atoms with van der Waals surface area (Å²) in [6.07, 6.45) is -1.03. The van der Waals surface area contributed by atoms with Gasteiger partial charge in [0.2, 0.25) is 11.8 Å². The highest BCUT2D eigenvalue weighted by Gasteiger charge is 2.72. The molecule has 0 N–H and O–H groups in total. The molecule has 3 saturated heterocycles. The van der Waals surface area contributed by atoms with Crippen LogP contribution in [0.4, 0.5) is 15.8 Å². The van der Waals surface area contributed by atoms with E-state index in [0.29, 0.717) is 10.7 Å². The van der Waals surface area contributed by atoms with Gasteiger partial charge in [0.15, 0.2) is 0 Å². The number of carbonyl (C=O) groups is 2. The van der Waals surface area contributed by atoms with Gasteiger partial charge < -0.3 is 4.74 Å². The van der Waals surface area contributed by atoms with Crippen LogP contribution in [-0.2, 0) is 14.3 Å². The van der Waals surface area contributed by atoms with Crippen molar-refractivity contribution in [1.82, 2.24) is 0 Å². The topological polar surface area (TPSA) is 62.2 Å². The van der Waals surface area contributed by atoms with Crippen molar-refractivity contribution in [1.29, 1.82) is 0 Å². The van der Waals surface area contributed by atoms with Gasteiger partial charge in [-0.25, -0.2) is 9.29 Å². The number of amides is 2. The first kappa shape index (κ1) is 20.8. The van der Waals surface area contributed by atoms with Gasteiger partial charge >= 0.3 is 0 Å². The highest BCUT2D eigenvalue weighted by molar-refractivity contribution is 6.34. The summed E-state index contributed by atoms with van der Waals surface area (Å²) in [5, 5.41) is 7.48. The first-order valence-electron chi connectivity index (χ1n) is 11.5. The zero-order valence-electron chi connectivity index (χ0n) is 18.3. The molecule has 174 valence electrons. The van der Waals surface area contributed by atoms with Crippen molar-refractivity contribution < 1.29 is 18.7 Å². The SMILES string of the molecule is O=C1[C@@H]2[C@@H]3O[C@@H]([C@H]4C(c5ccccc5Cl)=NN(c5ccccc5)[C@@H]34)[C@@H]2C(=O)N1c1ccc(F)cc1. The number of anilines is 2. The Hall–Kier alpha value is -3.55. The van der Waals surface area contributed by atoms with E-state index in [4.69, 9.17) is 21.4 Å². The molecule has 4 heterocycles. The summed E-state index contributed by atoms with van der Waals surface area (Å²) < 4.78 is 19.9. The highest BCUT2D eigenvalue weighted by atomic mass is 35.5. The monoisotopic (exact) mass is 487 g/mol. The molecule has 4 aliphatic rings. The minimum Gasteiger partial charge on any atom is -0.370 e. The maximum absolute atomic E-state index is 13.6. The van der Waals surface area contributed by atoms with E-state index in [1.165, 1.54) is 29.2 Å². The van der Waals surface area contributed by atoms with Crippen LogP contribution < -0.4 is 9.91 Å². The lowest BCUT2D eigenvalue weighted by Crippen LogP contribution is -2.50. The molecule has 7 rings (SSSR count). The normalized spacial score (nSPS) is 30.6. The molecule has 3 aromatic rings. The molecule has 3 aromatic carbocycles.